The van der Waals surface area contributed by atoms with Gasteiger partial charge < -0.3 is 24.4 Å². The SMILES string of the molecule is C=C(C)C(=O)OC(C)OC.OCCOCCO. The maximum atomic E-state index is 10.7. The topological polar surface area (TPSA) is 85.2 Å². The number of rotatable bonds is 7. The van der Waals surface area contributed by atoms with Gasteiger partial charge in [-0.1, -0.05) is 6.58 Å². The minimum absolute atomic E-state index is 0.0278. The van der Waals surface area contributed by atoms with Gasteiger partial charge in [0.25, 0.3) is 0 Å². The highest BCUT2D eigenvalue weighted by atomic mass is 16.7. The Labute approximate surface area is 102 Å². The average molecular weight is 250 g/mol. The maximum absolute atomic E-state index is 10.7. The van der Waals surface area contributed by atoms with E-state index in [2.05, 4.69) is 16.1 Å². The summed E-state index contributed by atoms with van der Waals surface area (Å²) in [6, 6.07) is 0. The molecule has 0 aromatic carbocycles. The van der Waals surface area contributed by atoms with Crippen molar-refractivity contribution in [2.75, 3.05) is 33.5 Å². The van der Waals surface area contributed by atoms with Crippen LogP contribution in [-0.2, 0) is 19.0 Å². The second kappa shape index (κ2) is 13.1. The number of aliphatic hydroxyl groups is 2. The fourth-order valence-electron chi connectivity index (χ4n) is 0.531. The summed E-state index contributed by atoms with van der Waals surface area (Å²) in [6.45, 7) is 7.34. The van der Waals surface area contributed by atoms with Crippen molar-refractivity contribution in [2.24, 2.45) is 0 Å². The molecular weight excluding hydrogens is 228 g/mol. The van der Waals surface area contributed by atoms with Crippen LogP contribution in [0.3, 0.4) is 0 Å². The number of hydrogen-bond acceptors (Lipinski definition) is 6. The molecule has 0 aromatic heterocycles. The number of ether oxygens (including phenoxy) is 3. The maximum Gasteiger partial charge on any atom is 0.335 e. The molecule has 0 radical (unpaired) electrons. The van der Waals surface area contributed by atoms with Crippen LogP contribution in [0, 0.1) is 0 Å². The molecule has 0 spiro atoms. The molecule has 0 aliphatic heterocycles. The van der Waals surface area contributed by atoms with Crippen LogP contribution in [0.2, 0.25) is 0 Å². The molecule has 0 aliphatic carbocycles. The van der Waals surface area contributed by atoms with E-state index in [0.29, 0.717) is 18.8 Å². The summed E-state index contributed by atoms with van der Waals surface area (Å²) in [6.07, 6.45) is -0.496. The molecule has 1 unspecified atom stereocenters. The lowest BCUT2D eigenvalue weighted by Gasteiger charge is -2.09. The summed E-state index contributed by atoms with van der Waals surface area (Å²) in [7, 11) is 1.47. The van der Waals surface area contributed by atoms with E-state index in [9.17, 15) is 4.79 Å². The van der Waals surface area contributed by atoms with Crippen LogP contribution >= 0.6 is 0 Å². The molecule has 0 saturated carbocycles. The fourth-order valence-corrected chi connectivity index (χ4v) is 0.531. The summed E-state index contributed by atoms with van der Waals surface area (Å²) in [5.41, 5.74) is 0.379. The van der Waals surface area contributed by atoms with Crippen molar-refractivity contribution in [1.29, 1.82) is 0 Å². The summed E-state index contributed by atoms with van der Waals surface area (Å²) in [5, 5.41) is 16.2. The monoisotopic (exact) mass is 250 g/mol. The van der Waals surface area contributed by atoms with Crippen molar-refractivity contribution in [2.45, 2.75) is 20.1 Å². The molecule has 0 aromatic rings. The van der Waals surface area contributed by atoms with Crippen molar-refractivity contribution >= 4 is 5.97 Å². The summed E-state index contributed by atoms with van der Waals surface area (Å²) >= 11 is 0. The number of esters is 1. The predicted molar refractivity (Wildman–Crippen MR) is 62.4 cm³/mol. The van der Waals surface area contributed by atoms with Crippen LogP contribution in [0.15, 0.2) is 12.2 Å². The Bertz CT molecular complexity index is 200. The van der Waals surface area contributed by atoms with E-state index in [4.69, 9.17) is 14.9 Å². The highest BCUT2D eigenvalue weighted by Gasteiger charge is 2.07. The lowest BCUT2D eigenvalue weighted by Crippen LogP contribution is -2.16. The van der Waals surface area contributed by atoms with E-state index in [1.165, 1.54) is 7.11 Å². The second-order valence-corrected chi connectivity index (χ2v) is 3.05. The van der Waals surface area contributed by atoms with Crippen LogP contribution in [0.4, 0.5) is 0 Å². The lowest BCUT2D eigenvalue weighted by atomic mass is 10.4. The van der Waals surface area contributed by atoms with Gasteiger partial charge in [-0.25, -0.2) is 4.79 Å². The van der Waals surface area contributed by atoms with Crippen molar-refractivity contribution in [3.63, 3.8) is 0 Å². The van der Waals surface area contributed by atoms with Crippen molar-refractivity contribution in [3.8, 4) is 0 Å². The van der Waals surface area contributed by atoms with Gasteiger partial charge in [0.2, 0.25) is 0 Å². The van der Waals surface area contributed by atoms with E-state index in [1.54, 1.807) is 13.8 Å². The zero-order valence-electron chi connectivity index (χ0n) is 10.6. The van der Waals surface area contributed by atoms with Gasteiger partial charge in [-0.3, -0.25) is 0 Å². The van der Waals surface area contributed by atoms with Crippen molar-refractivity contribution in [3.05, 3.63) is 12.2 Å². The number of carbonyl (C=O) groups excluding carboxylic acids is 1. The van der Waals surface area contributed by atoms with E-state index in [0.717, 1.165) is 0 Å². The highest BCUT2D eigenvalue weighted by Crippen LogP contribution is 1.97. The van der Waals surface area contributed by atoms with Gasteiger partial charge in [-0.05, 0) is 13.8 Å². The first kappa shape index (κ1) is 18.4. The predicted octanol–water partition coefficient (Wildman–Crippen LogP) is 0.0857. The molecule has 2 N–H and O–H groups in total. The van der Waals surface area contributed by atoms with E-state index in [1.807, 2.05) is 0 Å². The zero-order chi connectivity index (χ0) is 13.7. The Kier molecular flexibility index (Phi) is 14.2. The molecule has 1 atom stereocenters. The molecular formula is C11H22O6. The standard InChI is InChI=1S/C7H12O3.C4H10O3/c1-5(2)7(8)10-6(3)9-4;5-1-3-7-4-2-6/h6H,1H2,2-4H3;5-6H,1-4H2. The lowest BCUT2D eigenvalue weighted by molar-refractivity contribution is -0.164. The minimum atomic E-state index is -0.496. The number of hydrogen-bond donors (Lipinski definition) is 2. The Hall–Kier alpha value is -0.950. The molecule has 6 heteroatoms. The molecule has 17 heavy (non-hydrogen) atoms. The normalized spacial score (nSPS) is 11.1. The van der Waals surface area contributed by atoms with Crippen LogP contribution < -0.4 is 0 Å². The van der Waals surface area contributed by atoms with Crippen LogP contribution in [-0.4, -0.2) is 56.0 Å². The third kappa shape index (κ3) is 15.1. The van der Waals surface area contributed by atoms with Gasteiger partial charge in [0, 0.05) is 12.7 Å². The smallest absolute Gasteiger partial charge is 0.335 e. The largest absolute Gasteiger partial charge is 0.433 e. The molecule has 6 nitrogen and oxygen atoms in total. The van der Waals surface area contributed by atoms with Gasteiger partial charge in [0.15, 0.2) is 6.29 Å². The Morgan fingerprint density at radius 2 is 1.76 bits per heavy atom. The zero-order valence-corrected chi connectivity index (χ0v) is 10.6. The van der Waals surface area contributed by atoms with Crippen molar-refractivity contribution in [1.82, 2.24) is 0 Å². The third-order valence-electron chi connectivity index (χ3n) is 1.42. The summed E-state index contributed by atoms with van der Waals surface area (Å²) < 4.78 is 14.0. The van der Waals surface area contributed by atoms with E-state index in [-0.39, 0.29) is 13.2 Å². The average Bonchev–Trinajstić information content (AvgIpc) is 2.30. The molecule has 0 aliphatic rings. The van der Waals surface area contributed by atoms with Gasteiger partial charge in [-0.15, -0.1) is 0 Å². The Morgan fingerprint density at radius 3 is 2.06 bits per heavy atom. The van der Waals surface area contributed by atoms with Crippen LogP contribution in [0.1, 0.15) is 13.8 Å². The molecule has 0 saturated heterocycles. The first-order chi connectivity index (χ1) is 7.99. The number of aliphatic hydroxyl groups excluding tert-OH is 2. The van der Waals surface area contributed by atoms with Crippen LogP contribution in [0.25, 0.3) is 0 Å². The highest BCUT2D eigenvalue weighted by molar-refractivity contribution is 5.86. The first-order valence-corrected chi connectivity index (χ1v) is 5.18. The molecule has 0 fully saturated rings. The fraction of sp³-hybridized carbons (Fsp3) is 0.727. The third-order valence-corrected chi connectivity index (χ3v) is 1.42. The van der Waals surface area contributed by atoms with E-state index >= 15 is 0 Å². The quantitative estimate of drug-likeness (QED) is 0.288. The van der Waals surface area contributed by atoms with Gasteiger partial charge >= 0.3 is 5.97 Å². The Balaban J connectivity index is 0. The number of methoxy groups -OCH3 is 1. The molecule has 0 heterocycles. The summed E-state index contributed by atoms with van der Waals surface area (Å²) in [5.74, 6) is -0.422. The molecule has 0 rings (SSSR count). The van der Waals surface area contributed by atoms with E-state index < -0.39 is 12.3 Å². The van der Waals surface area contributed by atoms with Crippen LogP contribution in [0.5, 0.6) is 0 Å². The van der Waals surface area contributed by atoms with Gasteiger partial charge in [0.1, 0.15) is 0 Å². The first-order valence-electron chi connectivity index (χ1n) is 5.18. The molecule has 102 valence electrons. The minimum Gasteiger partial charge on any atom is -0.433 e. The molecule has 0 bridgehead atoms. The van der Waals surface area contributed by atoms with Gasteiger partial charge in [-0.2, -0.15) is 0 Å². The van der Waals surface area contributed by atoms with Crippen molar-refractivity contribution < 1.29 is 29.2 Å². The second-order valence-electron chi connectivity index (χ2n) is 3.05. The summed E-state index contributed by atoms with van der Waals surface area (Å²) in [4.78, 5) is 10.7. The van der Waals surface area contributed by atoms with Gasteiger partial charge in [0.05, 0.1) is 26.4 Å². The Morgan fingerprint density at radius 1 is 1.29 bits per heavy atom. The molecule has 0 amide bonds. The number of carbonyl (C=O) groups is 1.